The van der Waals surface area contributed by atoms with Gasteiger partial charge in [0.2, 0.25) is 0 Å². The van der Waals surface area contributed by atoms with Crippen LogP contribution >= 0.6 is 0 Å². The van der Waals surface area contributed by atoms with Crippen molar-refractivity contribution in [3.8, 4) is 0 Å². The largest absolute Gasteiger partial charge is 0.607 e. The zero-order chi connectivity index (χ0) is 7.56. The first-order valence-corrected chi connectivity index (χ1v) is 2.97. The fraction of sp³-hybridized carbons (Fsp3) is 0.400. The molecule has 5 nitrogen and oxygen atoms in total. The molecule has 0 aromatic rings. The van der Waals surface area contributed by atoms with Crippen molar-refractivity contribution in [2.45, 2.75) is 13.8 Å². The van der Waals surface area contributed by atoms with Gasteiger partial charge in [-0.1, -0.05) is 0 Å². The summed E-state index contributed by atoms with van der Waals surface area (Å²) < 4.78 is 0. The monoisotopic (exact) mass is 142 g/mol. The Morgan fingerprint density at radius 3 is 2.90 bits per heavy atom. The average Bonchev–Trinajstić information content (AvgIpc) is 1.85. The molecular formula is C5H10N4O. The molecule has 0 unspecified atom stereocenters. The molecule has 0 bridgehead atoms. The summed E-state index contributed by atoms with van der Waals surface area (Å²) in [7, 11) is 0. The van der Waals surface area contributed by atoms with E-state index in [4.69, 9.17) is 0 Å². The van der Waals surface area contributed by atoms with Crippen LogP contribution in [0.5, 0.6) is 0 Å². The molecule has 0 radical (unpaired) electrons. The third kappa shape index (κ3) is 1.46. The van der Waals surface area contributed by atoms with Crippen LogP contribution in [0.15, 0.2) is 16.9 Å². The molecule has 3 N–H and O–H groups in total. The van der Waals surface area contributed by atoms with Gasteiger partial charge in [-0.25, -0.2) is 11.0 Å². The lowest BCUT2D eigenvalue weighted by Crippen LogP contribution is -2.90. The first kappa shape index (κ1) is 7.04. The van der Waals surface area contributed by atoms with E-state index < -0.39 is 0 Å². The molecule has 56 valence electrons. The number of allylic oxidation sites excluding steroid dienone is 2. The van der Waals surface area contributed by atoms with Gasteiger partial charge in [0, 0.05) is 5.70 Å². The summed E-state index contributed by atoms with van der Waals surface area (Å²) in [6.45, 7) is 3.70. The molecule has 5 heteroatoms. The summed E-state index contributed by atoms with van der Waals surface area (Å²) in [5.41, 5.74) is 5.10. The second kappa shape index (κ2) is 2.68. The highest BCUT2D eigenvalue weighted by Gasteiger charge is 2.04. The van der Waals surface area contributed by atoms with E-state index in [2.05, 4.69) is 10.5 Å². The van der Waals surface area contributed by atoms with E-state index in [1.807, 2.05) is 19.9 Å². The van der Waals surface area contributed by atoms with Crippen molar-refractivity contribution < 1.29 is 5.59 Å². The molecule has 10 heavy (non-hydrogen) atoms. The van der Waals surface area contributed by atoms with Crippen LogP contribution in [0.4, 0.5) is 0 Å². The van der Waals surface area contributed by atoms with E-state index in [1.165, 1.54) is 0 Å². The summed E-state index contributed by atoms with van der Waals surface area (Å²) >= 11 is 0. The molecule has 0 atom stereocenters. The molecule has 1 heterocycles. The van der Waals surface area contributed by atoms with Crippen molar-refractivity contribution in [1.82, 2.24) is 10.7 Å². The Bertz CT molecular complexity index is 186. The number of nitrogens with one attached hydrogen (secondary N) is 1. The van der Waals surface area contributed by atoms with E-state index in [1.54, 1.807) is 0 Å². The molecule has 0 fully saturated rings. The van der Waals surface area contributed by atoms with Gasteiger partial charge in [0.05, 0.1) is 5.71 Å². The van der Waals surface area contributed by atoms with Gasteiger partial charge in [-0.05, 0) is 25.2 Å². The van der Waals surface area contributed by atoms with Crippen molar-refractivity contribution in [3.05, 3.63) is 17.0 Å². The minimum absolute atomic E-state index is 0.625. The minimum Gasteiger partial charge on any atom is -0.607 e. The van der Waals surface area contributed by atoms with Gasteiger partial charge in [-0.15, -0.1) is 5.10 Å². The number of nitrogens with zero attached hydrogens (tertiary/aromatic N) is 2. The second-order valence-electron chi connectivity index (χ2n) is 2.13. The molecule has 0 aliphatic carbocycles. The standard InChI is InChI=1S/C5H10N4O/c1-4-3-5(2)7-9(6-4)8-10/h3,6H,8H2,1-2H3. The Morgan fingerprint density at radius 1 is 1.70 bits per heavy atom. The maximum Gasteiger partial charge on any atom is 0.0666 e. The number of nitrogens with two attached hydrogens (primary N) is 1. The van der Waals surface area contributed by atoms with E-state index in [0.29, 0.717) is 5.59 Å². The molecule has 0 saturated heterocycles. The number of hydrazone groups is 1. The maximum atomic E-state index is 10.2. The summed E-state index contributed by atoms with van der Waals surface area (Å²) in [5.74, 6) is 0. The highest BCUT2D eigenvalue weighted by atomic mass is 16.5. The third-order valence-corrected chi connectivity index (χ3v) is 1.08. The molecule has 1 aliphatic heterocycles. The lowest BCUT2D eigenvalue weighted by Gasteiger charge is -2.22. The van der Waals surface area contributed by atoms with Crippen molar-refractivity contribution >= 4 is 5.71 Å². The summed E-state index contributed by atoms with van der Waals surface area (Å²) in [4.78, 5) is 0. The van der Waals surface area contributed by atoms with Crippen molar-refractivity contribution in [3.63, 3.8) is 0 Å². The molecule has 0 aromatic carbocycles. The molecular weight excluding hydrogens is 132 g/mol. The van der Waals surface area contributed by atoms with Gasteiger partial charge in [-0.3, -0.25) is 0 Å². The number of hydrogen-bond acceptors (Lipinski definition) is 4. The highest BCUT2D eigenvalue weighted by Crippen LogP contribution is 1.95. The lowest BCUT2D eigenvalue weighted by molar-refractivity contribution is -0.766. The SMILES string of the molecule is CC1=CC(C)=NN([NH2+][O-])N1. The first-order chi connectivity index (χ1) is 4.72. The van der Waals surface area contributed by atoms with E-state index in [9.17, 15) is 5.21 Å². The van der Waals surface area contributed by atoms with E-state index >= 15 is 0 Å². The third-order valence-electron chi connectivity index (χ3n) is 1.08. The van der Waals surface area contributed by atoms with Gasteiger partial charge < -0.3 is 5.21 Å². The van der Waals surface area contributed by atoms with Crippen LogP contribution in [0.1, 0.15) is 13.8 Å². The van der Waals surface area contributed by atoms with Crippen LogP contribution in [0.25, 0.3) is 0 Å². The fourth-order valence-electron chi connectivity index (χ4n) is 0.800. The lowest BCUT2D eigenvalue weighted by atomic mass is 10.3. The number of hydrazine groups is 1. The van der Waals surface area contributed by atoms with E-state index in [0.717, 1.165) is 16.6 Å². The number of hydrogen-bond donors (Lipinski definition) is 2. The molecule has 1 aliphatic rings. The van der Waals surface area contributed by atoms with Gasteiger partial charge in [0.25, 0.3) is 0 Å². The van der Waals surface area contributed by atoms with Crippen LogP contribution in [0, 0.1) is 5.21 Å². The number of rotatable bonds is 1. The van der Waals surface area contributed by atoms with Crippen molar-refractivity contribution in [2.24, 2.45) is 5.10 Å². The Labute approximate surface area is 58.9 Å². The molecule has 0 spiro atoms. The van der Waals surface area contributed by atoms with Crippen LogP contribution in [-0.2, 0) is 0 Å². The van der Waals surface area contributed by atoms with Gasteiger partial charge in [0.1, 0.15) is 0 Å². The summed E-state index contributed by atoms with van der Waals surface area (Å²) in [6, 6.07) is 0. The zero-order valence-corrected chi connectivity index (χ0v) is 5.96. The average molecular weight is 142 g/mol. The predicted molar refractivity (Wildman–Crippen MR) is 37.1 cm³/mol. The molecule has 1 rings (SSSR count). The van der Waals surface area contributed by atoms with Gasteiger partial charge in [0.15, 0.2) is 0 Å². The Kier molecular flexibility index (Phi) is 1.88. The van der Waals surface area contributed by atoms with Gasteiger partial charge in [-0.2, -0.15) is 0 Å². The molecule has 0 amide bonds. The number of quaternary nitrogens is 1. The zero-order valence-electron chi connectivity index (χ0n) is 5.96. The second-order valence-corrected chi connectivity index (χ2v) is 2.13. The Hall–Kier alpha value is -1.07. The Balaban J connectivity index is 2.67. The maximum absolute atomic E-state index is 10.2. The van der Waals surface area contributed by atoms with Crippen LogP contribution < -0.4 is 11.0 Å². The summed E-state index contributed by atoms with van der Waals surface area (Å²) in [6.07, 6.45) is 1.86. The summed E-state index contributed by atoms with van der Waals surface area (Å²) in [5, 5.41) is 15.2. The van der Waals surface area contributed by atoms with Crippen LogP contribution in [0.2, 0.25) is 0 Å². The minimum atomic E-state index is 0.625. The van der Waals surface area contributed by atoms with Crippen LogP contribution in [-0.4, -0.2) is 10.9 Å². The van der Waals surface area contributed by atoms with E-state index in [-0.39, 0.29) is 0 Å². The van der Waals surface area contributed by atoms with Gasteiger partial charge >= 0.3 is 0 Å². The smallest absolute Gasteiger partial charge is 0.0666 e. The highest BCUT2D eigenvalue weighted by molar-refractivity contribution is 5.93. The molecule has 0 aromatic heterocycles. The van der Waals surface area contributed by atoms with Crippen LogP contribution in [0.3, 0.4) is 0 Å². The predicted octanol–water partition coefficient (Wildman–Crippen LogP) is -0.937. The molecule has 0 saturated carbocycles. The normalized spacial score (nSPS) is 17.7. The topological polar surface area (TPSA) is 67.3 Å². The van der Waals surface area contributed by atoms with Crippen molar-refractivity contribution in [2.75, 3.05) is 0 Å². The fourth-order valence-corrected chi connectivity index (χ4v) is 0.800. The first-order valence-electron chi connectivity index (χ1n) is 2.97. The Morgan fingerprint density at radius 2 is 2.40 bits per heavy atom. The van der Waals surface area contributed by atoms with Crippen molar-refractivity contribution in [1.29, 1.82) is 0 Å². The quantitative estimate of drug-likeness (QED) is 0.367.